The van der Waals surface area contributed by atoms with Gasteiger partial charge in [-0.2, -0.15) is 0 Å². The van der Waals surface area contributed by atoms with Gasteiger partial charge in [0.25, 0.3) is 0 Å². The van der Waals surface area contributed by atoms with E-state index < -0.39 is 0 Å². The molecular formula is C7H12BrNO2. The van der Waals surface area contributed by atoms with Crippen molar-refractivity contribution in [1.82, 2.24) is 5.32 Å². The van der Waals surface area contributed by atoms with Gasteiger partial charge in [-0.15, -0.1) is 0 Å². The van der Waals surface area contributed by atoms with Crippen molar-refractivity contribution in [2.75, 3.05) is 11.9 Å². The third-order valence-electron chi connectivity index (χ3n) is 1.92. The molecule has 1 aliphatic rings. The molecule has 2 N–H and O–H groups in total. The third kappa shape index (κ3) is 2.79. The molecule has 0 aromatic heterocycles. The van der Waals surface area contributed by atoms with Gasteiger partial charge in [-0.3, -0.25) is 4.79 Å². The van der Waals surface area contributed by atoms with Gasteiger partial charge in [0, 0.05) is 6.54 Å². The van der Waals surface area contributed by atoms with E-state index in [1.54, 1.807) is 0 Å². The van der Waals surface area contributed by atoms with Crippen LogP contribution in [-0.4, -0.2) is 29.0 Å². The monoisotopic (exact) mass is 221 g/mol. The van der Waals surface area contributed by atoms with Crippen LogP contribution in [0.1, 0.15) is 12.8 Å². The van der Waals surface area contributed by atoms with Crippen LogP contribution < -0.4 is 5.32 Å². The number of hydrogen-bond donors (Lipinski definition) is 2. The summed E-state index contributed by atoms with van der Waals surface area (Å²) >= 11 is 3.06. The maximum Gasteiger partial charge on any atom is 0.230 e. The quantitative estimate of drug-likeness (QED) is 0.673. The van der Waals surface area contributed by atoms with E-state index >= 15 is 0 Å². The van der Waals surface area contributed by atoms with Crippen LogP contribution in [0, 0.1) is 5.92 Å². The lowest BCUT2D eigenvalue weighted by molar-refractivity contribution is -0.119. The minimum atomic E-state index is -0.124. The number of halogens is 1. The molecule has 0 unspecified atom stereocenters. The molecule has 11 heavy (non-hydrogen) atoms. The average molecular weight is 222 g/mol. The van der Waals surface area contributed by atoms with Crippen molar-refractivity contribution in [2.24, 2.45) is 5.92 Å². The molecule has 0 aliphatic heterocycles. The maximum atomic E-state index is 10.7. The molecule has 1 amide bonds. The highest BCUT2D eigenvalue weighted by molar-refractivity contribution is 9.09. The largest absolute Gasteiger partial charge is 0.393 e. The Bertz CT molecular complexity index is 145. The molecule has 0 aromatic rings. The Morgan fingerprint density at radius 3 is 2.73 bits per heavy atom. The summed E-state index contributed by atoms with van der Waals surface area (Å²) in [5.74, 6) is 0.513. The van der Waals surface area contributed by atoms with Crippen molar-refractivity contribution >= 4 is 21.8 Å². The summed E-state index contributed by atoms with van der Waals surface area (Å²) in [6.45, 7) is 0.710. The number of aliphatic hydroxyl groups is 1. The normalized spacial score (nSPS) is 29.3. The predicted octanol–water partition coefficient (Wildman–Crippen LogP) is 0.268. The SMILES string of the molecule is O=C(CBr)NCC1CC(O)C1. The van der Waals surface area contributed by atoms with E-state index in [2.05, 4.69) is 21.2 Å². The average Bonchev–Trinajstić information content (AvgIpc) is 1.95. The summed E-state index contributed by atoms with van der Waals surface area (Å²) in [6, 6.07) is 0. The van der Waals surface area contributed by atoms with Crippen LogP contribution in [0.25, 0.3) is 0 Å². The van der Waals surface area contributed by atoms with Crippen molar-refractivity contribution in [3.8, 4) is 0 Å². The molecular weight excluding hydrogens is 210 g/mol. The van der Waals surface area contributed by atoms with Gasteiger partial charge >= 0.3 is 0 Å². The highest BCUT2D eigenvalue weighted by atomic mass is 79.9. The van der Waals surface area contributed by atoms with Gasteiger partial charge in [0.05, 0.1) is 11.4 Å². The smallest absolute Gasteiger partial charge is 0.230 e. The van der Waals surface area contributed by atoms with E-state index in [-0.39, 0.29) is 12.0 Å². The first-order valence-corrected chi connectivity index (χ1v) is 4.85. The van der Waals surface area contributed by atoms with Gasteiger partial charge in [-0.1, -0.05) is 15.9 Å². The van der Waals surface area contributed by atoms with Gasteiger partial charge in [-0.05, 0) is 18.8 Å². The maximum absolute atomic E-state index is 10.7. The second kappa shape index (κ2) is 4.07. The number of carbonyl (C=O) groups is 1. The number of carbonyl (C=O) groups excluding carboxylic acids is 1. The Hall–Kier alpha value is -0.0900. The van der Waals surface area contributed by atoms with Crippen LogP contribution in [-0.2, 0) is 4.79 Å². The molecule has 0 radical (unpaired) electrons. The molecule has 4 heteroatoms. The topological polar surface area (TPSA) is 49.3 Å². The predicted molar refractivity (Wildman–Crippen MR) is 45.5 cm³/mol. The lowest BCUT2D eigenvalue weighted by atomic mass is 9.82. The zero-order chi connectivity index (χ0) is 8.27. The Balaban J connectivity index is 2.00. The molecule has 0 bridgehead atoms. The molecule has 0 heterocycles. The van der Waals surface area contributed by atoms with Crippen LogP contribution in [0.2, 0.25) is 0 Å². The van der Waals surface area contributed by atoms with Gasteiger partial charge < -0.3 is 10.4 Å². The van der Waals surface area contributed by atoms with E-state index in [1.165, 1.54) is 0 Å². The summed E-state index contributed by atoms with van der Waals surface area (Å²) in [5, 5.41) is 12.0. The molecule has 0 aromatic carbocycles. The Labute approximate surface area is 74.3 Å². The second-order valence-electron chi connectivity index (χ2n) is 2.93. The first-order valence-electron chi connectivity index (χ1n) is 3.73. The number of amides is 1. The molecule has 1 saturated carbocycles. The summed E-state index contributed by atoms with van der Waals surface area (Å²) in [7, 11) is 0. The molecule has 0 spiro atoms. The molecule has 1 fully saturated rings. The second-order valence-corrected chi connectivity index (χ2v) is 3.49. The number of hydrogen-bond acceptors (Lipinski definition) is 2. The van der Waals surface area contributed by atoms with Gasteiger partial charge in [0.1, 0.15) is 0 Å². The number of rotatable bonds is 3. The first kappa shape index (κ1) is 9.00. The van der Waals surface area contributed by atoms with E-state index in [0.717, 1.165) is 12.8 Å². The Kier molecular flexibility index (Phi) is 3.33. The Morgan fingerprint density at radius 1 is 1.64 bits per heavy atom. The van der Waals surface area contributed by atoms with Gasteiger partial charge in [0.2, 0.25) is 5.91 Å². The molecule has 0 saturated heterocycles. The van der Waals surface area contributed by atoms with Crippen molar-refractivity contribution in [3.05, 3.63) is 0 Å². The summed E-state index contributed by atoms with van der Waals surface area (Å²) < 4.78 is 0. The lowest BCUT2D eigenvalue weighted by Crippen LogP contribution is -2.38. The summed E-state index contributed by atoms with van der Waals surface area (Å²) in [5.41, 5.74) is 0. The van der Waals surface area contributed by atoms with Gasteiger partial charge in [-0.25, -0.2) is 0 Å². The standard InChI is InChI=1S/C7H12BrNO2/c8-3-7(11)9-4-5-1-6(10)2-5/h5-6,10H,1-4H2,(H,9,11). The molecule has 1 rings (SSSR count). The van der Waals surface area contributed by atoms with E-state index in [1.807, 2.05) is 0 Å². The zero-order valence-electron chi connectivity index (χ0n) is 6.22. The summed E-state index contributed by atoms with van der Waals surface area (Å²) in [6.07, 6.45) is 1.55. The van der Waals surface area contributed by atoms with Crippen molar-refractivity contribution in [3.63, 3.8) is 0 Å². The van der Waals surface area contributed by atoms with Crippen LogP contribution in [0.3, 0.4) is 0 Å². The van der Waals surface area contributed by atoms with Crippen LogP contribution in [0.5, 0.6) is 0 Å². The van der Waals surface area contributed by atoms with Crippen molar-refractivity contribution in [2.45, 2.75) is 18.9 Å². The zero-order valence-corrected chi connectivity index (χ0v) is 7.80. The third-order valence-corrected chi connectivity index (χ3v) is 2.43. The number of alkyl halides is 1. The fourth-order valence-electron chi connectivity index (χ4n) is 1.17. The fourth-order valence-corrected chi connectivity index (χ4v) is 1.37. The van der Waals surface area contributed by atoms with Crippen LogP contribution in [0.4, 0.5) is 0 Å². The van der Waals surface area contributed by atoms with E-state index in [9.17, 15) is 4.79 Å². The lowest BCUT2D eigenvalue weighted by Gasteiger charge is -2.31. The van der Waals surface area contributed by atoms with Crippen LogP contribution in [0.15, 0.2) is 0 Å². The van der Waals surface area contributed by atoms with Gasteiger partial charge in [0.15, 0.2) is 0 Å². The fraction of sp³-hybridized carbons (Fsp3) is 0.857. The molecule has 3 nitrogen and oxygen atoms in total. The van der Waals surface area contributed by atoms with E-state index in [0.29, 0.717) is 17.8 Å². The van der Waals surface area contributed by atoms with E-state index in [4.69, 9.17) is 5.11 Å². The summed E-state index contributed by atoms with van der Waals surface area (Å²) in [4.78, 5) is 10.7. The first-order chi connectivity index (χ1) is 5.22. The molecule has 1 aliphatic carbocycles. The highest BCUT2D eigenvalue weighted by Crippen LogP contribution is 2.25. The number of nitrogens with one attached hydrogen (secondary N) is 1. The van der Waals surface area contributed by atoms with Crippen LogP contribution >= 0.6 is 15.9 Å². The highest BCUT2D eigenvalue weighted by Gasteiger charge is 2.26. The Morgan fingerprint density at radius 2 is 2.27 bits per heavy atom. The minimum absolute atomic E-state index is 0.0198. The number of aliphatic hydroxyl groups excluding tert-OH is 1. The van der Waals surface area contributed by atoms with Crippen molar-refractivity contribution < 1.29 is 9.90 Å². The van der Waals surface area contributed by atoms with Crippen molar-refractivity contribution in [1.29, 1.82) is 0 Å². The molecule has 0 atom stereocenters. The minimum Gasteiger partial charge on any atom is -0.393 e. The molecule has 64 valence electrons.